The SMILES string of the molecule is Clc1ccccc1COc1ccc(SN2CCCCC2)cc1.NC=O. The standard InChI is InChI=1S/C18H20ClNOS.CH3NO/c19-18-7-3-2-6-15(18)14-21-16-8-10-17(11-9-16)22-20-12-4-1-5-13-20;2-1-3/h2-3,6-11H,1,4-5,12-14H2;1H,(H2,2,3). The number of hydrogen-bond acceptors (Lipinski definition) is 4. The van der Waals surface area contributed by atoms with Crippen molar-refractivity contribution in [2.24, 2.45) is 5.73 Å². The monoisotopic (exact) mass is 378 g/mol. The number of halogens is 1. The maximum atomic E-state index is 8.58. The van der Waals surface area contributed by atoms with Gasteiger partial charge in [-0.2, -0.15) is 0 Å². The van der Waals surface area contributed by atoms with Crippen molar-refractivity contribution in [3.05, 3.63) is 59.1 Å². The highest BCUT2D eigenvalue weighted by atomic mass is 35.5. The van der Waals surface area contributed by atoms with Gasteiger partial charge in [0.05, 0.1) is 0 Å². The smallest absolute Gasteiger partial charge is 0.204 e. The molecule has 2 aromatic rings. The number of nitrogens with two attached hydrogens (primary N) is 1. The van der Waals surface area contributed by atoms with Crippen molar-refractivity contribution < 1.29 is 9.53 Å². The summed E-state index contributed by atoms with van der Waals surface area (Å²) in [6, 6.07) is 16.1. The Labute approximate surface area is 158 Å². The minimum atomic E-state index is 0.250. The third kappa shape index (κ3) is 6.98. The van der Waals surface area contributed by atoms with E-state index >= 15 is 0 Å². The summed E-state index contributed by atoms with van der Waals surface area (Å²) in [6.45, 7) is 2.88. The van der Waals surface area contributed by atoms with Gasteiger partial charge in [-0.25, -0.2) is 4.31 Å². The summed E-state index contributed by atoms with van der Waals surface area (Å²) in [5, 5.41) is 0.750. The van der Waals surface area contributed by atoms with Crippen LogP contribution in [-0.4, -0.2) is 23.8 Å². The predicted octanol–water partition coefficient (Wildman–Crippen LogP) is 4.51. The van der Waals surface area contributed by atoms with Gasteiger partial charge in [-0.15, -0.1) is 0 Å². The molecule has 0 spiro atoms. The van der Waals surface area contributed by atoms with E-state index in [-0.39, 0.29) is 6.41 Å². The number of rotatable bonds is 5. The fourth-order valence-electron chi connectivity index (χ4n) is 2.48. The van der Waals surface area contributed by atoms with Gasteiger partial charge < -0.3 is 10.5 Å². The average molecular weight is 379 g/mol. The Morgan fingerprint density at radius 3 is 2.36 bits per heavy atom. The van der Waals surface area contributed by atoms with Crippen LogP contribution in [0.25, 0.3) is 0 Å². The van der Waals surface area contributed by atoms with Crippen LogP contribution in [0.3, 0.4) is 0 Å². The van der Waals surface area contributed by atoms with E-state index in [4.69, 9.17) is 21.1 Å². The van der Waals surface area contributed by atoms with Crippen molar-refractivity contribution in [3.8, 4) is 5.75 Å². The second kappa shape index (κ2) is 11.0. The van der Waals surface area contributed by atoms with E-state index < -0.39 is 0 Å². The van der Waals surface area contributed by atoms with E-state index in [1.807, 2.05) is 48.3 Å². The van der Waals surface area contributed by atoms with Crippen LogP contribution >= 0.6 is 23.5 Å². The van der Waals surface area contributed by atoms with Crippen molar-refractivity contribution >= 4 is 30.0 Å². The molecular weight excluding hydrogens is 356 g/mol. The molecule has 0 atom stereocenters. The van der Waals surface area contributed by atoms with Crippen LogP contribution in [-0.2, 0) is 11.4 Å². The number of amides is 1. The number of primary amides is 1. The van der Waals surface area contributed by atoms with Crippen molar-refractivity contribution in [1.29, 1.82) is 0 Å². The highest BCUT2D eigenvalue weighted by Gasteiger charge is 2.11. The van der Waals surface area contributed by atoms with Crippen molar-refractivity contribution in [1.82, 2.24) is 4.31 Å². The van der Waals surface area contributed by atoms with E-state index in [1.54, 1.807) is 0 Å². The van der Waals surface area contributed by atoms with Gasteiger partial charge in [0.1, 0.15) is 12.4 Å². The van der Waals surface area contributed by atoms with Gasteiger partial charge in [0.25, 0.3) is 0 Å². The molecule has 25 heavy (non-hydrogen) atoms. The Balaban J connectivity index is 0.000000701. The number of ether oxygens (including phenoxy) is 1. The van der Waals surface area contributed by atoms with Crippen LogP contribution < -0.4 is 10.5 Å². The number of carbonyl (C=O) groups is 1. The minimum Gasteiger partial charge on any atom is -0.489 e. The van der Waals surface area contributed by atoms with Crippen LogP contribution in [0.15, 0.2) is 53.4 Å². The lowest BCUT2D eigenvalue weighted by Crippen LogP contribution is -2.22. The fraction of sp³-hybridized carbons (Fsp3) is 0.316. The second-order valence-electron chi connectivity index (χ2n) is 5.57. The first-order valence-electron chi connectivity index (χ1n) is 8.27. The lowest BCUT2D eigenvalue weighted by molar-refractivity contribution is -0.106. The molecule has 0 saturated carbocycles. The normalized spacial score (nSPS) is 14.3. The molecule has 4 nitrogen and oxygen atoms in total. The minimum absolute atomic E-state index is 0.250. The first-order chi connectivity index (χ1) is 12.2. The molecule has 1 aliphatic heterocycles. The van der Waals surface area contributed by atoms with Gasteiger partial charge in [-0.3, -0.25) is 4.79 Å². The van der Waals surface area contributed by atoms with Crippen LogP contribution in [0.2, 0.25) is 5.02 Å². The topological polar surface area (TPSA) is 55.6 Å². The van der Waals surface area contributed by atoms with Crippen molar-refractivity contribution in [3.63, 3.8) is 0 Å². The molecule has 2 aromatic carbocycles. The Hall–Kier alpha value is -1.69. The van der Waals surface area contributed by atoms with E-state index in [1.165, 1.54) is 37.2 Å². The summed E-state index contributed by atoms with van der Waals surface area (Å²) in [7, 11) is 0. The Morgan fingerprint density at radius 1 is 1.08 bits per heavy atom. The molecule has 0 unspecified atom stereocenters. The molecule has 1 fully saturated rings. The molecule has 1 heterocycles. The van der Waals surface area contributed by atoms with Crippen LogP contribution in [0.1, 0.15) is 24.8 Å². The molecular formula is C19H23ClN2O2S. The van der Waals surface area contributed by atoms with E-state index in [0.717, 1.165) is 16.3 Å². The second-order valence-corrected chi connectivity index (χ2v) is 7.15. The third-order valence-corrected chi connectivity index (χ3v) is 5.20. The van der Waals surface area contributed by atoms with E-state index in [9.17, 15) is 0 Å². The number of benzene rings is 2. The van der Waals surface area contributed by atoms with Crippen LogP contribution in [0.5, 0.6) is 5.75 Å². The third-order valence-electron chi connectivity index (χ3n) is 3.73. The maximum absolute atomic E-state index is 8.58. The molecule has 2 N–H and O–H groups in total. The summed E-state index contributed by atoms with van der Waals surface area (Å²) < 4.78 is 8.26. The predicted molar refractivity (Wildman–Crippen MR) is 104 cm³/mol. The first-order valence-corrected chi connectivity index (χ1v) is 9.42. The average Bonchev–Trinajstić information content (AvgIpc) is 2.64. The van der Waals surface area contributed by atoms with Crippen LogP contribution in [0, 0.1) is 0 Å². The zero-order valence-corrected chi connectivity index (χ0v) is 15.6. The zero-order valence-electron chi connectivity index (χ0n) is 14.1. The number of hydrogen-bond donors (Lipinski definition) is 1. The first kappa shape index (κ1) is 19.6. The van der Waals surface area contributed by atoms with Crippen molar-refractivity contribution in [2.45, 2.75) is 30.8 Å². The highest BCUT2D eigenvalue weighted by Crippen LogP contribution is 2.28. The van der Waals surface area contributed by atoms with Gasteiger partial charge >= 0.3 is 0 Å². The zero-order chi connectivity index (χ0) is 17.9. The summed E-state index contributed by atoms with van der Waals surface area (Å²) in [6.07, 6.45) is 4.24. The molecule has 1 aliphatic rings. The molecule has 0 aliphatic carbocycles. The van der Waals surface area contributed by atoms with E-state index in [0.29, 0.717) is 6.61 Å². The lowest BCUT2D eigenvalue weighted by atomic mass is 10.2. The summed E-state index contributed by atoms with van der Waals surface area (Å²) >= 11 is 7.98. The number of piperidine rings is 1. The van der Waals surface area contributed by atoms with Gasteiger partial charge in [-0.05, 0) is 55.1 Å². The molecule has 1 saturated heterocycles. The Morgan fingerprint density at radius 2 is 1.72 bits per heavy atom. The van der Waals surface area contributed by atoms with Gasteiger partial charge in [-0.1, -0.05) is 36.2 Å². The molecule has 0 aromatic heterocycles. The molecule has 1 amide bonds. The quantitative estimate of drug-likeness (QED) is 0.614. The van der Waals surface area contributed by atoms with Gasteiger partial charge in [0.15, 0.2) is 0 Å². The van der Waals surface area contributed by atoms with Crippen molar-refractivity contribution in [2.75, 3.05) is 13.1 Å². The van der Waals surface area contributed by atoms with Gasteiger partial charge in [0.2, 0.25) is 6.41 Å². The highest BCUT2D eigenvalue weighted by molar-refractivity contribution is 7.97. The number of nitrogens with zero attached hydrogens (tertiary/aromatic N) is 1. The van der Waals surface area contributed by atoms with E-state index in [2.05, 4.69) is 22.2 Å². The van der Waals surface area contributed by atoms with Gasteiger partial charge in [0, 0.05) is 28.6 Å². The Kier molecular flexibility index (Phi) is 8.66. The molecule has 0 bridgehead atoms. The molecule has 6 heteroatoms. The summed E-state index contributed by atoms with van der Waals surface area (Å²) in [5.74, 6) is 0.878. The summed E-state index contributed by atoms with van der Waals surface area (Å²) in [4.78, 5) is 9.85. The lowest BCUT2D eigenvalue weighted by Gasteiger charge is -2.25. The number of carbonyl (C=O) groups excluding carboxylic acids is 1. The molecule has 0 radical (unpaired) electrons. The molecule has 3 rings (SSSR count). The fourth-order valence-corrected chi connectivity index (χ4v) is 3.67. The molecule has 134 valence electrons. The van der Waals surface area contributed by atoms with Crippen LogP contribution in [0.4, 0.5) is 0 Å². The maximum Gasteiger partial charge on any atom is 0.204 e. The summed E-state index contributed by atoms with van der Waals surface area (Å²) in [5.41, 5.74) is 5.18. The Bertz CT molecular complexity index is 646. The largest absolute Gasteiger partial charge is 0.489 e.